The SMILES string of the molecule is CC(CC(=O)Nc1cc(Cl)cc(Cl)c1)C1CCCNC1. The molecule has 2 rings (SSSR count). The molecule has 1 aromatic carbocycles. The molecule has 2 unspecified atom stereocenters. The fraction of sp³-hybridized carbons (Fsp3) is 0.533. The summed E-state index contributed by atoms with van der Waals surface area (Å²) in [5.74, 6) is 0.969. The second-order valence-corrected chi connectivity index (χ2v) is 6.37. The molecule has 1 amide bonds. The third kappa shape index (κ3) is 4.65. The van der Waals surface area contributed by atoms with E-state index in [0.717, 1.165) is 13.1 Å². The number of anilines is 1. The average Bonchev–Trinajstić information content (AvgIpc) is 2.38. The maximum Gasteiger partial charge on any atom is 0.224 e. The summed E-state index contributed by atoms with van der Waals surface area (Å²) in [6, 6.07) is 5.06. The molecule has 1 fully saturated rings. The Labute approximate surface area is 130 Å². The smallest absolute Gasteiger partial charge is 0.224 e. The Hall–Kier alpha value is -0.770. The lowest BCUT2D eigenvalue weighted by atomic mass is 9.85. The molecule has 0 radical (unpaired) electrons. The summed E-state index contributed by atoms with van der Waals surface area (Å²) in [6.45, 7) is 4.25. The minimum Gasteiger partial charge on any atom is -0.326 e. The molecule has 5 heteroatoms. The molecule has 0 bridgehead atoms. The standard InChI is InChI=1S/C15H20Cl2N2O/c1-10(11-3-2-4-18-9-11)5-15(20)19-14-7-12(16)6-13(17)8-14/h6-8,10-11,18H,2-5,9H2,1H3,(H,19,20). The van der Waals surface area contributed by atoms with Gasteiger partial charge in [0.15, 0.2) is 0 Å². The highest BCUT2D eigenvalue weighted by Crippen LogP contribution is 2.25. The van der Waals surface area contributed by atoms with Crippen molar-refractivity contribution < 1.29 is 4.79 Å². The molecule has 1 aliphatic heterocycles. The monoisotopic (exact) mass is 314 g/mol. The van der Waals surface area contributed by atoms with Crippen molar-refractivity contribution >= 4 is 34.8 Å². The summed E-state index contributed by atoms with van der Waals surface area (Å²) in [7, 11) is 0. The third-order valence-corrected chi connectivity index (χ3v) is 4.23. The van der Waals surface area contributed by atoms with Crippen LogP contribution >= 0.6 is 23.2 Å². The van der Waals surface area contributed by atoms with Gasteiger partial charge in [-0.05, 0) is 56.0 Å². The maximum atomic E-state index is 12.1. The molecule has 0 saturated carbocycles. The van der Waals surface area contributed by atoms with Crippen molar-refractivity contribution in [1.29, 1.82) is 0 Å². The van der Waals surface area contributed by atoms with Crippen molar-refractivity contribution in [2.45, 2.75) is 26.2 Å². The van der Waals surface area contributed by atoms with E-state index in [1.807, 2.05) is 0 Å². The number of hydrogen-bond donors (Lipinski definition) is 2. The topological polar surface area (TPSA) is 41.1 Å². The number of halogens is 2. The van der Waals surface area contributed by atoms with Crippen LogP contribution in [0.15, 0.2) is 18.2 Å². The summed E-state index contributed by atoms with van der Waals surface area (Å²) in [4.78, 5) is 12.1. The summed E-state index contributed by atoms with van der Waals surface area (Å²) >= 11 is 11.8. The fourth-order valence-corrected chi connectivity index (χ4v) is 3.19. The summed E-state index contributed by atoms with van der Waals surface area (Å²) < 4.78 is 0. The number of nitrogens with one attached hydrogen (secondary N) is 2. The van der Waals surface area contributed by atoms with E-state index in [-0.39, 0.29) is 5.91 Å². The second kappa shape index (κ2) is 7.30. The molecule has 2 N–H and O–H groups in total. The third-order valence-electron chi connectivity index (χ3n) is 3.79. The normalized spacial score (nSPS) is 20.4. The van der Waals surface area contributed by atoms with E-state index in [0.29, 0.717) is 34.0 Å². The highest BCUT2D eigenvalue weighted by Gasteiger charge is 2.22. The number of rotatable bonds is 4. The Kier molecular flexibility index (Phi) is 5.70. The van der Waals surface area contributed by atoms with Crippen molar-refractivity contribution in [3.8, 4) is 0 Å². The molecule has 3 nitrogen and oxygen atoms in total. The fourth-order valence-electron chi connectivity index (χ4n) is 2.66. The predicted molar refractivity (Wildman–Crippen MR) is 84.5 cm³/mol. The zero-order valence-corrected chi connectivity index (χ0v) is 13.1. The van der Waals surface area contributed by atoms with Gasteiger partial charge in [-0.3, -0.25) is 4.79 Å². The molecular weight excluding hydrogens is 295 g/mol. The van der Waals surface area contributed by atoms with Gasteiger partial charge in [-0.25, -0.2) is 0 Å². The van der Waals surface area contributed by atoms with Gasteiger partial charge in [0, 0.05) is 22.2 Å². The van der Waals surface area contributed by atoms with Crippen LogP contribution in [-0.2, 0) is 4.79 Å². The highest BCUT2D eigenvalue weighted by molar-refractivity contribution is 6.35. The lowest BCUT2D eigenvalue weighted by molar-refractivity contribution is -0.117. The van der Waals surface area contributed by atoms with Crippen LogP contribution in [0.2, 0.25) is 10.0 Å². The van der Waals surface area contributed by atoms with Gasteiger partial charge >= 0.3 is 0 Å². The van der Waals surface area contributed by atoms with Crippen LogP contribution in [0, 0.1) is 11.8 Å². The Morgan fingerprint density at radius 1 is 1.40 bits per heavy atom. The second-order valence-electron chi connectivity index (χ2n) is 5.49. The first-order valence-corrected chi connectivity index (χ1v) is 7.77. The van der Waals surface area contributed by atoms with E-state index < -0.39 is 0 Å². The van der Waals surface area contributed by atoms with Crippen molar-refractivity contribution in [2.24, 2.45) is 11.8 Å². The van der Waals surface area contributed by atoms with Gasteiger partial charge in [0.05, 0.1) is 0 Å². The Morgan fingerprint density at radius 3 is 2.70 bits per heavy atom. The molecule has 1 aromatic rings. The number of amides is 1. The van der Waals surface area contributed by atoms with Gasteiger partial charge in [0.1, 0.15) is 0 Å². The number of hydrogen-bond acceptors (Lipinski definition) is 2. The molecule has 20 heavy (non-hydrogen) atoms. The molecule has 0 aromatic heterocycles. The van der Waals surface area contributed by atoms with E-state index in [4.69, 9.17) is 23.2 Å². The minimum absolute atomic E-state index is 0.0152. The number of piperidine rings is 1. The van der Waals surface area contributed by atoms with E-state index >= 15 is 0 Å². The van der Waals surface area contributed by atoms with E-state index in [2.05, 4.69) is 17.6 Å². The minimum atomic E-state index is 0.0152. The molecule has 2 atom stereocenters. The highest BCUT2D eigenvalue weighted by atomic mass is 35.5. The van der Waals surface area contributed by atoms with Crippen LogP contribution < -0.4 is 10.6 Å². The molecule has 0 aliphatic carbocycles. The van der Waals surface area contributed by atoms with Crippen molar-refractivity contribution in [3.05, 3.63) is 28.2 Å². The number of carbonyl (C=O) groups is 1. The van der Waals surface area contributed by atoms with Gasteiger partial charge in [-0.1, -0.05) is 30.1 Å². The van der Waals surface area contributed by atoms with Crippen LogP contribution in [0.3, 0.4) is 0 Å². The van der Waals surface area contributed by atoms with Crippen LogP contribution in [0.5, 0.6) is 0 Å². The van der Waals surface area contributed by atoms with Crippen LogP contribution in [0.25, 0.3) is 0 Å². The molecule has 1 aliphatic rings. The van der Waals surface area contributed by atoms with Gasteiger partial charge < -0.3 is 10.6 Å². The van der Waals surface area contributed by atoms with Crippen LogP contribution in [0.1, 0.15) is 26.2 Å². The van der Waals surface area contributed by atoms with Gasteiger partial charge in [0.25, 0.3) is 0 Å². The summed E-state index contributed by atoms with van der Waals surface area (Å²) in [6.07, 6.45) is 2.92. The first-order chi connectivity index (χ1) is 9.54. The maximum absolute atomic E-state index is 12.1. The quantitative estimate of drug-likeness (QED) is 0.883. The van der Waals surface area contributed by atoms with E-state index in [9.17, 15) is 4.79 Å². The average molecular weight is 315 g/mol. The van der Waals surface area contributed by atoms with Crippen molar-refractivity contribution in [1.82, 2.24) is 5.32 Å². The summed E-state index contributed by atoms with van der Waals surface area (Å²) in [5.41, 5.74) is 0.654. The first-order valence-electron chi connectivity index (χ1n) is 7.01. The predicted octanol–water partition coefficient (Wildman–Crippen LogP) is 3.96. The Bertz CT molecular complexity index is 453. The summed E-state index contributed by atoms with van der Waals surface area (Å²) in [5, 5.41) is 7.30. The zero-order chi connectivity index (χ0) is 14.5. The van der Waals surface area contributed by atoms with Crippen molar-refractivity contribution in [3.63, 3.8) is 0 Å². The van der Waals surface area contributed by atoms with Gasteiger partial charge in [0.2, 0.25) is 5.91 Å². The lowest BCUT2D eigenvalue weighted by Gasteiger charge is -2.28. The van der Waals surface area contributed by atoms with E-state index in [1.54, 1.807) is 18.2 Å². The van der Waals surface area contributed by atoms with E-state index in [1.165, 1.54) is 12.8 Å². The van der Waals surface area contributed by atoms with Crippen molar-refractivity contribution in [2.75, 3.05) is 18.4 Å². The van der Waals surface area contributed by atoms with Crippen LogP contribution in [0.4, 0.5) is 5.69 Å². The zero-order valence-electron chi connectivity index (χ0n) is 11.6. The Balaban J connectivity index is 1.88. The number of carbonyl (C=O) groups excluding carboxylic acids is 1. The van der Waals surface area contributed by atoms with Gasteiger partial charge in [-0.2, -0.15) is 0 Å². The molecular formula is C15H20Cl2N2O. The number of benzene rings is 1. The van der Waals surface area contributed by atoms with Crippen LogP contribution in [-0.4, -0.2) is 19.0 Å². The van der Waals surface area contributed by atoms with Gasteiger partial charge in [-0.15, -0.1) is 0 Å². The molecule has 0 spiro atoms. The molecule has 110 valence electrons. The Morgan fingerprint density at radius 2 is 2.10 bits per heavy atom. The lowest BCUT2D eigenvalue weighted by Crippen LogP contribution is -2.34. The first kappa shape index (κ1) is 15.6. The molecule has 1 heterocycles. The largest absolute Gasteiger partial charge is 0.326 e. The molecule has 1 saturated heterocycles.